The Morgan fingerprint density at radius 1 is 0.722 bits per heavy atom. The fourth-order valence-electron chi connectivity index (χ4n) is 3.97. The van der Waals surface area contributed by atoms with E-state index in [0.717, 1.165) is 20.9 Å². The molecule has 4 heterocycles. The van der Waals surface area contributed by atoms with Gasteiger partial charge < -0.3 is 9.47 Å². The second-order valence-corrected chi connectivity index (χ2v) is 10.7. The summed E-state index contributed by atoms with van der Waals surface area (Å²) in [6.07, 6.45) is 0. The van der Waals surface area contributed by atoms with Crippen LogP contribution in [-0.4, -0.2) is 21.4 Å². The Bertz CT molecular complexity index is 1540. The summed E-state index contributed by atoms with van der Waals surface area (Å²) in [5, 5.41) is 36.9. The van der Waals surface area contributed by atoms with Crippen molar-refractivity contribution in [3.05, 3.63) is 23.5 Å². The molecule has 0 atom stereocenters. The first-order valence-electron chi connectivity index (χ1n) is 10.5. The third-order valence-electron chi connectivity index (χ3n) is 5.51. The number of aliphatic imine (C=N–C) groups is 2. The van der Waals surface area contributed by atoms with Crippen LogP contribution in [0.4, 0.5) is 10.3 Å². The average molecular weight is 511 g/mol. The zero-order chi connectivity index (χ0) is 25.8. The van der Waals surface area contributed by atoms with Crippen LogP contribution >= 0.6 is 22.7 Å². The van der Waals surface area contributed by atoms with E-state index in [2.05, 4.69) is 20.0 Å². The fraction of sp³-hybridized carbons (Fsp3) is 0.250. The number of rotatable bonds is 2. The summed E-state index contributed by atoms with van der Waals surface area (Å²) in [5.74, 6) is 1.21. The largest absolute Gasteiger partial charge is 0.481 e. The van der Waals surface area contributed by atoms with E-state index in [0.29, 0.717) is 33.1 Å². The molecule has 5 rings (SSSR count). The number of benzene rings is 1. The number of hydrogen-bond donors (Lipinski definition) is 0. The van der Waals surface area contributed by atoms with Gasteiger partial charge in [0.2, 0.25) is 21.7 Å². The lowest BCUT2D eigenvalue weighted by Gasteiger charge is -2.35. The Labute approximate surface area is 213 Å². The normalized spacial score (nSPS) is 14.9. The minimum atomic E-state index is -0.796. The summed E-state index contributed by atoms with van der Waals surface area (Å²) in [6, 6.07) is 10.8. The van der Waals surface area contributed by atoms with Crippen molar-refractivity contribution in [3.8, 4) is 56.7 Å². The number of nitriles is 4. The topological polar surface area (TPSA) is 164 Å². The standard InChI is InChI=1S/C24H14N8O2S2/c1-23(2)19-17(35-21(31-19)29-11(7-25)8-26)13-6-16-14(5-15(13)33-23)18-20(24(3,4)34-16)32-22(36-18)30-12(9-27)10-28/h5-6H,1-4H3. The molecule has 0 aliphatic carbocycles. The molecular weight excluding hydrogens is 496 g/mol. The van der Waals surface area contributed by atoms with E-state index >= 15 is 0 Å². The van der Waals surface area contributed by atoms with E-state index in [-0.39, 0.29) is 11.4 Å². The molecule has 2 aliphatic heterocycles. The summed E-state index contributed by atoms with van der Waals surface area (Å²) in [5.41, 5.74) is 0.682. The van der Waals surface area contributed by atoms with Crippen LogP contribution in [-0.2, 0) is 11.2 Å². The molecule has 0 amide bonds. The highest BCUT2D eigenvalue weighted by atomic mass is 32.1. The summed E-state index contributed by atoms with van der Waals surface area (Å²) in [6.45, 7) is 7.53. The van der Waals surface area contributed by atoms with Crippen LogP contribution in [0.15, 0.2) is 22.1 Å². The molecule has 2 aromatic heterocycles. The van der Waals surface area contributed by atoms with Gasteiger partial charge in [0.15, 0.2) is 0 Å². The summed E-state index contributed by atoms with van der Waals surface area (Å²) in [4.78, 5) is 18.9. The first kappa shape index (κ1) is 23.1. The van der Waals surface area contributed by atoms with Crippen LogP contribution in [0.25, 0.3) is 20.9 Å². The highest BCUT2D eigenvalue weighted by molar-refractivity contribution is 7.19. The van der Waals surface area contributed by atoms with Gasteiger partial charge in [-0.15, -0.1) is 0 Å². The highest BCUT2D eigenvalue weighted by Crippen LogP contribution is 2.56. The van der Waals surface area contributed by atoms with E-state index in [9.17, 15) is 0 Å². The molecule has 0 spiro atoms. The second-order valence-electron chi connectivity index (χ2n) is 8.79. The molecule has 0 unspecified atom stereocenters. The molecule has 0 saturated heterocycles. The summed E-state index contributed by atoms with van der Waals surface area (Å²) < 4.78 is 12.7. The van der Waals surface area contributed by atoms with Gasteiger partial charge in [-0.25, -0.2) is 9.97 Å². The molecule has 174 valence electrons. The molecule has 0 N–H and O–H groups in total. The smallest absolute Gasteiger partial charge is 0.220 e. The van der Waals surface area contributed by atoms with Crippen LogP contribution in [0.5, 0.6) is 11.5 Å². The summed E-state index contributed by atoms with van der Waals surface area (Å²) in [7, 11) is 0. The van der Waals surface area contributed by atoms with Gasteiger partial charge in [0, 0.05) is 11.1 Å². The van der Waals surface area contributed by atoms with Crippen LogP contribution < -0.4 is 9.47 Å². The van der Waals surface area contributed by atoms with Gasteiger partial charge in [-0.3, -0.25) is 0 Å². The molecule has 0 fully saturated rings. The zero-order valence-corrected chi connectivity index (χ0v) is 21.0. The van der Waals surface area contributed by atoms with Gasteiger partial charge in [-0.2, -0.15) is 31.0 Å². The number of thiazole rings is 2. The predicted molar refractivity (Wildman–Crippen MR) is 133 cm³/mol. The first-order valence-corrected chi connectivity index (χ1v) is 12.1. The lowest BCUT2D eigenvalue weighted by Crippen LogP contribution is -2.31. The van der Waals surface area contributed by atoms with Gasteiger partial charge in [-0.1, -0.05) is 22.7 Å². The third-order valence-corrected chi connectivity index (χ3v) is 7.48. The average Bonchev–Trinajstić information content (AvgIpc) is 3.46. The van der Waals surface area contributed by atoms with Crippen molar-refractivity contribution in [2.45, 2.75) is 38.9 Å². The van der Waals surface area contributed by atoms with Gasteiger partial charge in [-0.05, 0) is 39.8 Å². The van der Waals surface area contributed by atoms with E-state index in [1.165, 1.54) is 22.7 Å². The van der Waals surface area contributed by atoms with Crippen molar-refractivity contribution >= 4 is 44.4 Å². The van der Waals surface area contributed by atoms with Gasteiger partial charge >= 0.3 is 0 Å². The lowest BCUT2D eigenvalue weighted by molar-refractivity contribution is 0.0957. The summed E-state index contributed by atoms with van der Waals surface area (Å²) >= 11 is 2.53. The monoisotopic (exact) mass is 510 g/mol. The van der Waals surface area contributed by atoms with Crippen molar-refractivity contribution in [2.75, 3.05) is 0 Å². The molecule has 2 aliphatic rings. The molecule has 10 nitrogen and oxygen atoms in total. The maximum atomic E-state index is 9.08. The minimum Gasteiger partial charge on any atom is -0.481 e. The minimum absolute atomic E-state index is 0.275. The van der Waals surface area contributed by atoms with Crippen molar-refractivity contribution in [1.29, 1.82) is 21.0 Å². The molecule has 1 aromatic carbocycles. The number of fused-ring (bicyclic) bond motifs is 6. The van der Waals surface area contributed by atoms with Gasteiger partial charge in [0.05, 0.1) is 9.75 Å². The number of nitrogens with zero attached hydrogens (tertiary/aromatic N) is 8. The van der Waals surface area contributed by atoms with Crippen molar-refractivity contribution in [3.63, 3.8) is 0 Å². The molecule has 0 saturated carbocycles. The van der Waals surface area contributed by atoms with Crippen LogP contribution in [0.2, 0.25) is 0 Å². The SMILES string of the molecule is CC1(C)Oc2cc3c(cc2-c2sc(N=C(C#N)C#N)nc21)OC(C)(C)c1nc(N=C(C#N)C#N)sc1-3. The Balaban J connectivity index is 1.69. The Morgan fingerprint density at radius 3 is 1.42 bits per heavy atom. The van der Waals surface area contributed by atoms with E-state index in [1.807, 2.05) is 39.8 Å². The maximum absolute atomic E-state index is 9.08. The molecule has 0 radical (unpaired) electrons. The Morgan fingerprint density at radius 2 is 1.08 bits per heavy atom. The Kier molecular flexibility index (Phi) is 5.12. The van der Waals surface area contributed by atoms with Crippen LogP contribution in [0.1, 0.15) is 39.1 Å². The van der Waals surface area contributed by atoms with E-state index < -0.39 is 11.2 Å². The molecule has 36 heavy (non-hydrogen) atoms. The zero-order valence-electron chi connectivity index (χ0n) is 19.4. The third kappa shape index (κ3) is 3.57. The Hall–Kier alpha value is -4.62. The van der Waals surface area contributed by atoms with Gasteiger partial charge in [0.25, 0.3) is 0 Å². The van der Waals surface area contributed by atoms with Crippen molar-refractivity contribution < 1.29 is 9.47 Å². The van der Waals surface area contributed by atoms with Crippen molar-refractivity contribution in [1.82, 2.24) is 9.97 Å². The first-order chi connectivity index (χ1) is 17.1. The van der Waals surface area contributed by atoms with Crippen molar-refractivity contribution in [2.24, 2.45) is 9.98 Å². The highest BCUT2D eigenvalue weighted by Gasteiger charge is 2.41. The lowest BCUT2D eigenvalue weighted by atomic mass is 9.92. The maximum Gasteiger partial charge on any atom is 0.220 e. The molecule has 3 aromatic rings. The van der Waals surface area contributed by atoms with Gasteiger partial charge in [0.1, 0.15) is 58.4 Å². The van der Waals surface area contributed by atoms with Crippen LogP contribution in [0.3, 0.4) is 0 Å². The number of aromatic nitrogens is 2. The fourth-order valence-corrected chi connectivity index (χ4v) is 6.19. The van der Waals surface area contributed by atoms with E-state index in [1.54, 1.807) is 24.3 Å². The number of ether oxygens (including phenoxy) is 2. The number of hydrogen-bond acceptors (Lipinski definition) is 12. The quantitative estimate of drug-likeness (QED) is 0.412. The van der Waals surface area contributed by atoms with E-state index in [4.69, 9.17) is 30.5 Å². The predicted octanol–water partition coefficient (Wildman–Crippen LogP) is 5.43. The molecule has 12 heteroatoms. The second kappa shape index (κ2) is 7.96. The molecule has 0 bridgehead atoms. The van der Waals surface area contributed by atoms with Crippen LogP contribution in [0, 0.1) is 45.3 Å². The molecular formula is C24H14N8O2S2.